The first-order chi connectivity index (χ1) is 6.38. The van der Waals surface area contributed by atoms with Gasteiger partial charge in [-0.25, -0.2) is 10.0 Å². The highest BCUT2D eigenvalue weighted by Crippen LogP contribution is 2.16. The van der Waals surface area contributed by atoms with Gasteiger partial charge in [-0.2, -0.15) is 0 Å². The van der Waals surface area contributed by atoms with Crippen molar-refractivity contribution in [3.05, 3.63) is 0 Å². The molecule has 0 aromatic heterocycles. The largest absolute Gasteiger partial charge is 0.300 e. The first kappa shape index (κ1) is 12.0. The van der Waals surface area contributed by atoms with Gasteiger partial charge in [0.15, 0.2) is 0 Å². The number of piperazine rings is 1. The first-order valence-electron chi connectivity index (χ1n) is 5.53. The van der Waals surface area contributed by atoms with Gasteiger partial charge in [0.25, 0.3) is 0 Å². The quantitative estimate of drug-likeness (QED) is 0.660. The van der Waals surface area contributed by atoms with Crippen LogP contribution >= 0.6 is 0 Å². The lowest BCUT2D eigenvalue weighted by atomic mass is 9.96. The number of rotatable bonds is 2. The van der Waals surface area contributed by atoms with Gasteiger partial charge in [0, 0.05) is 46.8 Å². The zero-order chi connectivity index (χ0) is 10.8. The third kappa shape index (κ3) is 3.95. The van der Waals surface area contributed by atoms with Gasteiger partial charge in [0.1, 0.15) is 0 Å². The van der Waals surface area contributed by atoms with Crippen molar-refractivity contribution in [1.82, 2.24) is 14.9 Å². The summed E-state index contributed by atoms with van der Waals surface area (Å²) in [6.07, 6.45) is 0. The number of hydrogen-bond donors (Lipinski definition) is 0. The summed E-state index contributed by atoms with van der Waals surface area (Å²) in [4.78, 5) is 2.57. The molecule has 0 aromatic carbocycles. The van der Waals surface area contributed by atoms with Gasteiger partial charge < -0.3 is 4.90 Å². The molecule has 0 radical (unpaired) electrons. The Kier molecular flexibility index (Phi) is 3.93. The molecule has 0 unspecified atom stereocenters. The minimum Gasteiger partial charge on any atom is -0.300 e. The standard InChI is InChI=1S/C11H25N3/c1-11(2,3)10-13-6-8-14(9-7-13)12(4)5/h6-10H2,1-5H3. The van der Waals surface area contributed by atoms with Gasteiger partial charge in [-0.3, -0.25) is 0 Å². The minimum absolute atomic E-state index is 0.431. The fraction of sp³-hybridized carbons (Fsp3) is 1.00. The average molecular weight is 199 g/mol. The van der Waals surface area contributed by atoms with Gasteiger partial charge in [-0.05, 0) is 5.41 Å². The average Bonchev–Trinajstić information content (AvgIpc) is 2.02. The molecule has 84 valence electrons. The Hall–Kier alpha value is -0.120. The van der Waals surface area contributed by atoms with E-state index in [2.05, 4.69) is 49.8 Å². The van der Waals surface area contributed by atoms with Crippen LogP contribution in [0.3, 0.4) is 0 Å². The summed E-state index contributed by atoms with van der Waals surface area (Å²) in [5.74, 6) is 0. The Labute approximate surface area is 88.6 Å². The molecule has 1 aliphatic rings. The summed E-state index contributed by atoms with van der Waals surface area (Å²) in [6, 6.07) is 0. The van der Waals surface area contributed by atoms with Crippen LogP contribution in [-0.4, -0.2) is 61.7 Å². The zero-order valence-electron chi connectivity index (χ0n) is 10.4. The van der Waals surface area contributed by atoms with Crippen molar-refractivity contribution >= 4 is 0 Å². The van der Waals surface area contributed by atoms with E-state index in [4.69, 9.17) is 0 Å². The van der Waals surface area contributed by atoms with E-state index in [0.29, 0.717) is 5.41 Å². The van der Waals surface area contributed by atoms with Crippen molar-refractivity contribution in [2.45, 2.75) is 20.8 Å². The molecule has 0 N–H and O–H groups in total. The van der Waals surface area contributed by atoms with E-state index in [-0.39, 0.29) is 0 Å². The van der Waals surface area contributed by atoms with Crippen LogP contribution < -0.4 is 0 Å². The van der Waals surface area contributed by atoms with Crippen LogP contribution in [0, 0.1) is 5.41 Å². The van der Waals surface area contributed by atoms with Crippen LogP contribution in [0.2, 0.25) is 0 Å². The normalized spacial score (nSPS) is 21.9. The number of nitrogens with zero attached hydrogens (tertiary/aromatic N) is 3. The number of hydrazine groups is 1. The third-order valence-corrected chi connectivity index (χ3v) is 2.61. The zero-order valence-corrected chi connectivity index (χ0v) is 10.4. The van der Waals surface area contributed by atoms with Crippen LogP contribution in [0.4, 0.5) is 0 Å². The summed E-state index contributed by atoms with van der Waals surface area (Å²) in [6.45, 7) is 12.9. The lowest BCUT2D eigenvalue weighted by molar-refractivity contribution is -0.0247. The molecule has 1 fully saturated rings. The SMILES string of the molecule is CN(C)N1CCN(CC(C)(C)C)CC1. The van der Waals surface area contributed by atoms with Crippen LogP contribution in [0.1, 0.15) is 20.8 Å². The van der Waals surface area contributed by atoms with Crippen molar-refractivity contribution in [2.75, 3.05) is 46.8 Å². The Bertz CT molecular complexity index is 164. The van der Waals surface area contributed by atoms with Crippen molar-refractivity contribution in [3.63, 3.8) is 0 Å². The fourth-order valence-electron chi connectivity index (χ4n) is 1.97. The second-order valence-corrected chi connectivity index (χ2v) is 5.64. The molecule has 0 aliphatic carbocycles. The van der Waals surface area contributed by atoms with Crippen LogP contribution in [-0.2, 0) is 0 Å². The molecule has 1 saturated heterocycles. The van der Waals surface area contributed by atoms with E-state index in [0.717, 1.165) is 0 Å². The molecule has 1 rings (SSSR count). The molecule has 0 saturated carbocycles. The molecule has 1 heterocycles. The van der Waals surface area contributed by atoms with E-state index >= 15 is 0 Å². The van der Waals surface area contributed by atoms with Gasteiger partial charge >= 0.3 is 0 Å². The first-order valence-corrected chi connectivity index (χ1v) is 5.53. The Morgan fingerprint density at radius 2 is 1.50 bits per heavy atom. The number of hydrogen-bond acceptors (Lipinski definition) is 3. The smallest absolute Gasteiger partial charge is 0.0261 e. The molecular formula is C11H25N3. The lowest BCUT2D eigenvalue weighted by Crippen LogP contribution is -2.52. The Morgan fingerprint density at radius 3 is 1.86 bits per heavy atom. The molecule has 3 nitrogen and oxygen atoms in total. The van der Waals surface area contributed by atoms with Crippen molar-refractivity contribution in [3.8, 4) is 0 Å². The van der Waals surface area contributed by atoms with Gasteiger partial charge in [0.05, 0.1) is 0 Å². The highest BCUT2D eigenvalue weighted by Gasteiger charge is 2.21. The third-order valence-electron chi connectivity index (χ3n) is 2.61. The van der Waals surface area contributed by atoms with Gasteiger partial charge in [-0.15, -0.1) is 0 Å². The van der Waals surface area contributed by atoms with Crippen LogP contribution in [0.25, 0.3) is 0 Å². The Balaban J connectivity index is 2.29. The molecule has 0 spiro atoms. The fourth-order valence-corrected chi connectivity index (χ4v) is 1.97. The molecule has 14 heavy (non-hydrogen) atoms. The topological polar surface area (TPSA) is 9.72 Å². The van der Waals surface area contributed by atoms with Crippen LogP contribution in [0.15, 0.2) is 0 Å². The predicted molar refractivity (Wildman–Crippen MR) is 61.2 cm³/mol. The summed E-state index contributed by atoms with van der Waals surface area (Å²) < 4.78 is 0. The molecule has 0 atom stereocenters. The van der Waals surface area contributed by atoms with E-state index in [9.17, 15) is 0 Å². The maximum Gasteiger partial charge on any atom is 0.0261 e. The van der Waals surface area contributed by atoms with E-state index in [1.54, 1.807) is 0 Å². The second-order valence-electron chi connectivity index (χ2n) is 5.64. The molecule has 0 aromatic rings. The summed E-state index contributed by atoms with van der Waals surface area (Å²) in [7, 11) is 4.25. The monoisotopic (exact) mass is 199 g/mol. The van der Waals surface area contributed by atoms with Crippen molar-refractivity contribution in [2.24, 2.45) is 5.41 Å². The van der Waals surface area contributed by atoms with Crippen molar-refractivity contribution in [1.29, 1.82) is 0 Å². The van der Waals surface area contributed by atoms with Crippen LogP contribution in [0.5, 0.6) is 0 Å². The minimum atomic E-state index is 0.431. The maximum atomic E-state index is 2.57. The lowest BCUT2D eigenvalue weighted by Gasteiger charge is -2.40. The summed E-state index contributed by atoms with van der Waals surface area (Å²) in [5.41, 5.74) is 0.431. The molecule has 3 heteroatoms. The van der Waals surface area contributed by atoms with E-state index < -0.39 is 0 Å². The van der Waals surface area contributed by atoms with Gasteiger partial charge in [-0.1, -0.05) is 20.8 Å². The molecule has 0 bridgehead atoms. The molecular weight excluding hydrogens is 174 g/mol. The van der Waals surface area contributed by atoms with Gasteiger partial charge in [0.2, 0.25) is 0 Å². The van der Waals surface area contributed by atoms with Crippen molar-refractivity contribution < 1.29 is 0 Å². The molecule has 0 amide bonds. The second kappa shape index (κ2) is 4.60. The van der Waals surface area contributed by atoms with E-state index in [1.165, 1.54) is 32.7 Å². The maximum absolute atomic E-state index is 2.57. The highest BCUT2D eigenvalue weighted by molar-refractivity contribution is 4.74. The molecule has 1 aliphatic heterocycles. The predicted octanol–water partition coefficient (Wildman–Crippen LogP) is 1.13. The van der Waals surface area contributed by atoms with E-state index in [1.807, 2.05) is 0 Å². The summed E-state index contributed by atoms with van der Waals surface area (Å²) in [5, 5.41) is 4.60. The Morgan fingerprint density at radius 1 is 1.00 bits per heavy atom. The summed E-state index contributed by atoms with van der Waals surface area (Å²) >= 11 is 0. The highest BCUT2D eigenvalue weighted by atomic mass is 15.6.